The molecular formula is C19H17ClN4OS. The molecule has 7 heteroatoms. The van der Waals surface area contributed by atoms with Gasteiger partial charge in [-0.15, -0.1) is 0 Å². The van der Waals surface area contributed by atoms with Crippen LogP contribution in [0.3, 0.4) is 0 Å². The van der Waals surface area contributed by atoms with Crippen LogP contribution in [0.1, 0.15) is 15.9 Å². The molecule has 0 aliphatic heterocycles. The first-order chi connectivity index (χ1) is 12.6. The monoisotopic (exact) mass is 384 g/mol. The molecule has 2 heterocycles. The van der Waals surface area contributed by atoms with E-state index in [2.05, 4.69) is 14.7 Å². The number of amides is 1. The van der Waals surface area contributed by atoms with Crippen LogP contribution in [0.2, 0.25) is 5.02 Å². The van der Waals surface area contributed by atoms with E-state index < -0.39 is 0 Å². The molecule has 26 heavy (non-hydrogen) atoms. The summed E-state index contributed by atoms with van der Waals surface area (Å²) in [6, 6.07) is 15.0. The fourth-order valence-electron chi connectivity index (χ4n) is 2.29. The highest BCUT2D eigenvalue weighted by atomic mass is 35.5. The lowest BCUT2D eigenvalue weighted by Gasteiger charge is -2.19. The standard InChI is InChI=1S/C19H17ClN4OS/c1-24(17-6-2-5-16(20)11-17)18-10-14(7-9-22-18)13-26-23-19(25)15-4-3-8-21-12-15/h2-12H,13H2,1H3,(H,23,25). The van der Waals surface area contributed by atoms with Crippen LogP contribution in [-0.4, -0.2) is 22.9 Å². The molecule has 0 saturated heterocycles. The highest BCUT2D eigenvalue weighted by molar-refractivity contribution is 7.97. The van der Waals surface area contributed by atoms with Gasteiger partial charge in [-0.2, -0.15) is 0 Å². The van der Waals surface area contributed by atoms with E-state index in [-0.39, 0.29) is 5.91 Å². The third-order valence-electron chi connectivity index (χ3n) is 3.68. The molecule has 0 saturated carbocycles. The Balaban J connectivity index is 1.61. The first-order valence-electron chi connectivity index (χ1n) is 7.90. The number of hydrogen-bond donors (Lipinski definition) is 1. The summed E-state index contributed by atoms with van der Waals surface area (Å²) in [6.07, 6.45) is 4.94. The van der Waals surface area contributed by atoms with Crippen LogP contribution in [-0.2, 0) is 5.75 Å². The number of halogens is 1. The summed E-state index contributed by atoms with van der Waals surface area (Å²) in [6.45, 7) is 0. The van der Waals surface area contributed by atoms with E-state index in [1.165, 1.54) is 11.9 Å². The van der Waals surface area contributed by atoms with Crippen molar-refractivity contribution in [3.63, 3.8) is 0 Å². The van der Waals surface area contributed by atoms with E-state index in [0.717, 1.165) is 17.1 Å². The maximum Gasteiger partial charge on any atom is 0.262 e. The number of carbonyl (C=O) groups excluding carboxylic acids is 1. The van der Waals surface area contributed by atoms with Gasteiger partial charge >= 0.3 is 0 Å². The van der Waals surface area contributed by atoms with Crippen molar-refractivity contribution in [2.75, 3.05) is 11.9 Å². The second-order valence-electron chi connectivity index (χ2n) is 5.52. The summed E-state index contributed by atoms with van der Waals surface area (Å²) in [4.78, 5) is 22.3. The molecule has 132 valence electrons. The normalized spacial score (nSPS) is 10.4. The average molecular weight is 385 g/mol. The Bertz CT molecular complexity index is 891. The third kappa shape index (κ3) is 4.74. The van der Waals surface area contributed by atoms with Crippen LogP contribution in [0.5, 0.6) is 0 Å². The van der Waals surface area contributed by atoms with Crippen LogP contribution in [0.15, 0.2) is 67.1 Å². The molecule has 0 bridgehead atoms. The Morgan fingerprint density at radius 2 is 2.08 bits per heavy atom. The van der Waals surface area contributed by atoms with E-state index >= 15 is 0 Å². The molecule has 3 rings (SSSR count). The minimum absolute atomic E-state index is 0.159. The van der Waals surface area contributed by atoms with Crippen molar-refractivity contribution < 1.29 is 4.79 Å². The summed E-state index contributed by atoms with van der Waals surface area (Å²) in [5.41, 5.74) is 2.55. The fourth-order valence-corrected chi connectivity index (χ4v) is 3.14. The van der Waals surface area contributed by atoms with Gasteiger partial charge in [-0.3, -0.25) is 14.5 Å². The van der Waals surface area contributed by atoms with Gasteiger partial charge in [0.25, 0.3) is 5.91 Å². The SMILES string of the molecule is CN(c1cccc(Cl)c1)c1cc(CSNC(=O)c2cccnc2)ccn1. The van der Waals surface area contributed by atoms with Gasteiger partial charge in [0.1, 0.15) is 5.82 Å². The molecule has 0 spiro atoms. The van der Waals surface area contributed by atoms with E-state index in [1.54, 1.807) is 30.7 Å². The predicted molar refractivity (Wildman–Crippen MR) is 107 cm³/mol. The molecule has 0 aliphatic carbocycles. The summed E-state index contributed by atoms with van der Waals surface area (Å²) in [5, 5.41) is 0.680. The Morgan fingerprint density at radius 3 is 2.85 bits per heavy atom. The lowest BCUT2D eigenvalue weighted by atomic mass is 10.2. The first kappa shape index (κ1) is 18.2. The van der Waals surface area contributed by atoms with Crippen LogP contribution >= 0.6 is 23.5 Å². The summed E-state index contributed by atoms with van der Waals surface area (Å²) < 4.78 is 2.82. The Morgan fingerprint density at radius 1 is 1.19 bits per heavy atom. The van der Waals surface area contributed by atoms with E-state index in [9.17, 15) is 4.79 Å². The molecule has 1 aromatic carbocycles. The number of anilines is 2. The first-order valence-corrected chi connectivity index (χ1v) is 9.26. The summed E-state index contributed by atoms with van der Waals surface area (Å²) >= 11 is 7.39. The molecule has 0 unspecified atom stereocenters. The van der Waals surface area contributed by atoms with Crippen molar-refractivity contribution in [2.45, 2.75) is 5.75 Å². The molecule has 0 aliphatic rings. The van der Waals surface area contributed by atoms with Gasteiger partial charge in [0.2, 0.25) is 0 Å². The molecule has 2 aromatic heterocycles. The minimum Gasteiger partial charge on any atom is -0.329 e. The molecular weight excluding hydrogens is 368 g/mol. The van der Waals surface area contributed by atoms with E-state index in [1.807, 2.05) is 48.3 Å². The molecule has 0 radical (unpaired) electrons. The Labute approximate surface area is 161 Å². The largest absolute Gasteiger partial charge is 0.329 e. The second-order valence-corrected chi connectivity index (χ2v) is 6.74. The zero-order valence-electron chi connectivity index (χ0n) is 14.1. The number of rotatable bonds is 6. The van der Waals surface area contributed by atoms with Crippen molar-refractivity contribution in [2.24, 2.45) is 0 Å². The highest BCUT2D eigenvalue weighted by Gasteiger charge is 2.08. The Kier molecular flexibility index (Phi) is 6.09. The fraction of sp³-hybridized carbons (Fsp3) is 0.105. The van der Waals surface area contributed by atoms with Gasteiger partial charge in [0.05, 0.1) is 5.56 Å². The number of nitrogens with zero attached hydrogens (tertiary/aromatic N) is 3. The van der Waals surface area contributed by atoms with Crippen LogP contribution in [0.25, 0.3) is 0 Å². The predicted octanol–water partition coefficient (Wildman–Crippen LogP) is 4.48. The van der Waals surface area contributed by atoms with E-state index in [0.29, 0.717) is 16.3 Å². The molecule has 0 atom stereocenters. The number of carbonyl (C=O) groups is 1. The Hall–Kier alpha value is -2.57. The zero-order valence-corrected chi connectivity index (χ0v) is 15.7. The van der Waals surface area contributed by atoms with Crippen molar-refractivity contribution in [3.8, 4) is 0 Å². The average Bonchev–Trinajstić information content (AvgIpc) is 2.68. The number of aromatic nitrogens is 2. The maximum absolute atomic E-state index is 12.0. The van der Waals surface area contributed by atoms with Gasteiger partial charge < -0.3 is 4.90 Å². The minimum atomic E-state index is -0.159. The number of benzene rings is 1. The van der Waals surface area contributed by atoms with Crippen molar-refractivity contribution in [3.05, 3.63) is 83.3 Å². The topological polar surface area (TPSA) is 58.1 Å². The summed E-state index contributed by atoms with van der Waals surface area (Å²) in [7, 11) is 1.94. The number of nitrogens with one attached hydrogen (secondary N) is 1. The van der Waals surface area contributed by atoms with Crippen LogP contribution in [0, 0.1) is 0 Å². The van der Waals surface area contributed by atoms with Crippen LogP contribution < -0.4 is 9.62 Å². The van der Waals surface area contributed by atoms with Crippen molar-refractivity contribution >= 4 is 41.0 Å². The van der Waals surface area contributed by atoms with Gasteiger partial charge in [0, 0.05) is 42.1 Å². The smallest absolute Gasteiger partial charge is 0.262 e. The summed E-state index contributed by atoms with van der Waals surface area (Å²) in [5.74, 6) is 1.28. The molecule has 1 amide bonds. The number of pyridine rings is 2. The molecule has 3 aromatic rings. The van der Waals surface area contributed by atoms with Gasteiger partial charge in [0.15, 0.2) is 0 Å². The lowest BCUT2D eigenvalue weighted by Crippen LogP contribution is -2.16. The second kappa shape index (κ2) is 8.69. The zero-order chi connectivity index (χ0) is 18.4. The van der Waals surface area contributed by atoms with Gasteiger partial charge in [-0.05, 0) is 60.0 Å². The molecule has 5 nitrogen and oxygen atoms in total. The van der Waals surface area contributed by atoms with Crippen molar-refractivity contribution in [1.82, 2.24) is 14.7 Å². The molecule has 1 N–H and O–H groups in total. The quantitative estimate of drug-likeness (QED) is 0.635. The van der Waals surface area contributed by atoms with E-state index in [4.69, 9.17) is 11.6 Å². The van der Waals surface area contributed by atoms with Gasteiger partial charge in [-0.25, -0.2) is 4.98 Å². The van der Waals surface area contributed by atoms with Crippen molar-refractivity contribution in [1.29, 1.82) is 0 Å². The highest BCUT2D eigenvalue weighted by Crippen LogP contribution is 2.25. The molecule has 0 fully saturated rings. The van der Waals surface area contributed by atoms with Gasteiger partial charge in [-0.1, -0.05) is 17.7 Å². The third-order valence-corrected chi connectivity index (χ3v) is 4.72. The lowest BCUT2D eigenvalue weighted by molar-refractivity contribution is 0.0984. The number of hydrogen-bond acceptors (Lipinski definition) is 5. The van der Waals surface area contributed by atoms with Crippen LogP contribution in [0.4, 0.5) is 11.5 Å². The maximum atomic E-state index is 12.0.